The fraction of sp³-hybridized carbons (Fsp3) is 0.407. The summed E-state index contributed by atoms with van der Waals surface area (Å²) in [6, 6.07) is 10.8. The zero-order chi connectivity index (χ0) is 24.8. The lowest BCUT2D eigenvalue weighted by Crippen LogP contribution is -2.55. The van der Waals surface area contributed by atoms with Gasteiger partial charge in [0.05, 0.1) is 11.1 Å². The molecule has 184 valence electrons. The molecule has 3 heterocycles. The van der Waals surface area contributed by atoms with Crippen molar-refractivity contribution in [3.63, 3.8) is 0 Å². The summed E-state index contributed by atoms with van der Waals surface area (Å²) >= 11 is 6.26. The number of nitrogens with zero attached hydrogens (tertiary/aromatic N) is 5. The van der Waals surface area contributed by atoms with Crippen molar-refractivity contribution in [3.05, 3.63) is 52.9 Å². The number of aromatic nitrogens is 2. The Balaban J connectivity index is 1.15. The minimum Gasteiger partial charge on any atom is -0.342 e. The van der Waals surface area contributed by atoms with Gasteiger partial charge in [-0.15, -0.1) is 0 Å². The highest BCUT2D eigenvalue weighted by Crippen LogP contribution is 2.46. The van der Waals surface area contributed by atoms with Gasteiger partial charge in [0.15, 0.2) is 5.15 Å². The van der Waals surface area contributed by atoms with Crippen molar-refractivity contribution in [2.45, 2.75) is 31.2 Å². The van der Waals surface area contributed by atoms with Crippen LogP contribution in [0.2, 0.25) is 5.15 Å². The van der Waals surface area contributed by atoms with Gasteiger partial charge in [-0.1, -0.05) is 23.7 Å². The first kappa shape index (κ1) is 22.0. The molecule has 1 saturated heterocycles. The third kappa shape index (κ3) is 3.38. The first-order valence-corrected chi connectivity index (χ1v) is 12.8. The first-order valence-electron chi connectivity index (χ1n) is 12.5. The van der Waals surface area contributed by atoms with Gasteiger partial charge in [-0.05, 0) is 61.1 Å². The first-order chi connectivity index (χ1) is 17.3. The van der Waals surface area contributed by atoms with Crippen molar-refractivity contribution in [2.24, 2.45) is 23.9 Å². The van der Waals surface area contributed by atoms with Crippen LogP contribution < -0.4 is 0 Å². The number of hydrogen-bond acceptors (Lipinski definition) is 4. The van der Waals surface area contributed by atoms with Crippen LogP contribution in [0.25, 0.3) is 22.0 Å². The van der Waals surface area contributed by atoms with Gasteiger partial charge >= 0.3 is 0 Å². The number of amidine groups is 1. The normalized spacial score (nSPS) is 20.9. The smallest absolute Gasteiger partial charge is 0.256 e. The van der Waals surface area contributed by atoms with Gasteiger partial charge < -0.3 is 4.90 Å². The van der Waals surface area contributed by atoms with E-state index in [1.54, 1.807) is 15.6 Å². The Labute approximate surface area is 212 Å². The number of rotatable bonds is 5. The van der Waals surface area contributed by atoms with Crippen LogP contribution in [0.3, 0.4) is 0 Å². The van der Waals surface area contributed by atoms with Crippen molar-refractivity contribution in [1.29, 1.82) is 0 Å². The lowest BCUT2D eigenvalue weighted by Gasteiger charge is -2.41. The van der Waals surface area contributed by atoms with Crippen LogP contribution >= 0.6 is 11.6 Å². The molecule has 9 heteroatoms. The third-order valence-corrected chi connectivity index (χ3v) is 8.21. The summed E-state index contributed by atoms with van der Waals surface area (Å²) in [4.78, 5) is 33.8. The average molecular weight is 506 g/mol. The van der Waals surface area contributed by atoms with E-state index >= 15 is 4.39 Å². The Morgan fingerprint density at radius 3 is 2.56 bits per heavy atom. The molecule has 7 rings (SSSR count). The van der Waals surface area contributed by atoms with Crippen LogP contribution in [-0.4, -0.2) is 62.4 Å². The zero-order valence-corrected chi connectivity index (χ0v) is 20.6. The van der Waals surface area contributed by atoms with E-state index in [4.69, 9.17) is 16.6 Å². The van der Waals surface area contributed by atoms with Gasteiger partial charge in [-0.25, -0.2) is 4.39 Å². The van der Waals surface area contributed by atoms with E-state index in [1.807, 2.05) is 36.2 Å². The number of benzene rings is 2. The van der Waals surface area contributed by atoms with E-state index in [1.165, 1.54) is 6.07 Å². The number of fused-ring (bicyclic) bond motifs is 1. The number of carbonyl (C=O) groups is 2. The molecular weight excluding hydrogens is 481 g/mol. The van der Waals surface area contributed by atoms with E-state index < -0.39 is 11.4 Å². The highest BCUT2D eigenvalue weighted by molar-refractivity contribution is 6.34. The van der Waals surface area contributed by atoms with Crippen molar-refractivity contribution < 1.29 is 14.0 Å². The topological polar surface area (TPSA) is 70.8 Å². The molecule has 0 N–H and O–H groups in total. The SMILES string of the molecule is Cn1nc(Cl)c2cc(-c3ccc(C4=NC5(CC5)C(=O)N4CC4CN(C(=O)C5CC5)C4)c(F)c3)ccc21. The van der Waals surface area contributed by atoms with E-state index in [0.717, 1.165) is 29.3 Å². The van der Waals surface area contributed by atoms with Crippen molar-refractivity contribution in [2.75, 3.05) is 19.6 Å². The molecule has 3 aromatic rings. The second kappa shape index (κ2) is 7.62. The van der Waals surface area contributed by atoms with Crippen LogP contribution in [0.15, 0.2) is 41.4 Å². The number of aryl methyl sites for hydroxylation is 1. The number of hydrogen-bond donors (Lipinski definition) is 0. The quantitative estimate of drug-likeness (QED) is 0.526. The predicted molar refractivity (Wildman–Crippen MR) is 134 cm³/mol. The monoisotopic (exact) mass is 505 g/mol. The summed E-state index contributed by atoms with van der Waals surface area (Å²) in [7, 11) is 1.83. The Kier molecular flexibility index (Phi) is 4.65. The van der Waals surface area contributed by atoms with Gasteiger partial charge in [0.1, 0.15) is 17.2 Å². The Hall–Kier alpha value is -3.26. The van der Waals surface area contributed by atoms with Crippen LogP contribution in [0.5, 0.6) is 0 Å². The molecule has 4 aliphatic rings. The minimum absolute atomic E-state index is 0.0374. The number of halogens is 2. The van der Waals surface area contributed by atoms with Crippen LogP contribution in [-0.2, 0) is 16.6 Å². The summed E-state index contributed by atoms with van der Waals surface area (Å²) in [5, 5.41) is 5.45. The Morgan fingerprint density at radius 1 is 1.14 bits per heavy atom. The van der Waals surface area contributed by atoms with Crippen LogP contribution in [0.4, 0.5) is 4.39 Å². The molecule has 2 aromatic carbocycles. The molecule has 2 saturated carbocycles. The molecule has 1 aromatic heterocycles. The van der Waals surface area contributed by atoms with Crippen LogP contribution in [0, 0.1) is 17.7 Å². The largest absolute Gasteiger partial charge is 0.342 e. The molecule has 2 amide bonds. The summed E-state index contributed by atoms with van der Waals surface area (Å²) in [6.45, 7) is 1.77. The van der Waals surface area contributed by atoms with Crippen molar-refractivity contribution >= 4 is 40.2 Å². The molecule has 3 fully saturated rings. The molecule has 36 heavy (non-hydrogen) atoms. The fourth-order valence-electron chi connectivity index (χ4n) is 5.47. The second-order valence-electron chi connectivity index (χ2n) is 10.6. The summed E-state index contributed by atoms with van der Waals surface area (Å²) in [5.41, 5.74) is 2.07. The maximum absolute atomic E-state index is 15.5. The zero-order valence-electron chi connectivity index (χ0n) is 19.9. The average Bonchev–Trinajstić information content (AvgIpc) is 3.75. The van der Waals surface area contributed by atoms with Gasteiger partial charge in [-0.3, -0.25) is 24.2 Å². The Bertz CT molecular complexity index is 1480. The molecule has 0 atom stereocenters. The van der Waals surface area contributed by atoms with Gasteiger partial charge in [0.2, 0.25) is 5.91 Å². The van der Waals surface area contributed by atoms with Crippen molar-refractivity contribution in [3.8, 4) is 11.1 Å². The summed E-state index contributed by atoms with van der Waals surface area (Å²) in [5.74, 6) is 0.587. The summed E-state index contributed by atoms with van der Waals surface area (Å²) < 4.78 is 17.3. The number of amides is 2. The number of likely N-dealkylation sites (tertiary alicyclic amines) is 1. The van der Waals surface area contributed by atoms with E-state index in [-0.39, 0.29) is 23.7 Å². The highest BCUT2D eigenvalue weighted by atomic mass is 35.5. The van der Waals surface area contributed by atoms with E-state index in [9.17, 15) is 9.59 Å². The number of aliphatic imine (C=N–C) groups is 1. The van der Waals surface area contributed by atoms with Gasteiger partial charge in [-0.2, -0.15) is 5.10 Å². The molecule has 0 unspecified atom stereocenters. The minimum atomic E-state index is -0.712. The van der Waals surface area contributed by atoms with Crippen molar-refractivity contribution in [1.82, 2.24) is 19.6 Å². The summed E-state index contributed by atoms with van der Waals surface area (Å²) in [6.07, 6.45) is 3.38. The molecule has 1 spiro atoms. The molecule has 0 bridgehead atoms. The molecule has 2 aliphatic heterocycles. The van der Waals surface area contributed by atoms with E-state index in [2.05, 4.69) is 5.10 Å². The maximum atomic E-state index is 15.5. The Morgan fingerprint density at radius 2 is 1.86 bits per heavy atom. The third-order valence-electron chi connectivity index (χ3n) is 7.93. The highest BCUT2D eigenvalue weighted by Gasteiger charge is 2.58. The van der Waals surface area contributed by atoms with Crippen LogP contribution in [0.1, 0.15) is 31.2 Å². The van der Waals surface area contributed by atoms with Gasteiger partial charge in [0.25, 0.3) is 5.91 Å². The fourth-order valence-corrected chi connectivity index (χ4v) is 5.73. The maximum Gasteiger partial charge on any atom is 0.256 e. The lowest BCUT2D eigenvalue weighted by atomic mass is 9.97. The standard InChI is InChI=1S/C27H25ClFN5O2/c1-32-22-7-5-17(10-20(22)23(28)31-32)18-4-6-19(21(29)11-18)24-30-27(8-9-27)26(36)34(24)14-15-12-33(13-15)25(35)16-2-3-16/h4-7,10-11,15-16H,2-3,8-9,12-14H2,1H3. The van der Waals surface area contributed by atoms with E-state index in [0.29, 0.717) is 54.6 Å². The molecular formula is C27H25ClFN5O2. The number of carbonyl (C=O) groups excluding carboxylic acids is 2. The van der Waals surface area contributed by atoms with Gasteiger partial charge in [0, 0.05) is 43.9 Å². The second-order valence-corrected chi connectivity index (χ2v) is 11.0. The molecule has 0 radical (unpaired) electrons. The predicted octanol–water partition coefficient (Wildman–Crippen LogP) is 4.02. The lowest BCUT2D eigenvalue weighted by molar-refractivity contribution is -0.139. The molecule has 7 nitrogen and oxygen atoms in total. The molecule has 2 aliphatic carbocycles.